The number of pyridine rings is 1. The summed E-state index contributed by atoms with van der Waals surface area (Å²) in [6, 6.07) is 4.15. The van der Waals surface area contributed by atoms with E-state index >= 15 is 0 Å². The lowest BCUT2D eigenvalue weighted by Crippen LogP contribution is -2.22. The molecule has 0 atom stereocenters. The highest BCUT2D eigenvalue weighted by atomic mass is 16.3. The van der Waals surface area contributed by atoms with Gasteiger partial charge in [-0.25, -0.2) is 4.98 Å². The third-order valence-corrected chi connectivity index (χ3v) is 3.54. The molecule has 0 amide bonds. The number of nitrogens with zero attached hydrogens (tertiary/aromatic N) is 2. The molecule has 20 heavy (non-hydrogen) atoms. The normalized spacial score (nSPS) is 10.8. The smallest absolute Gasteiger partial charge is 0.133 e. The van der Waals surface area contributed by atoms with Gasteiger partial charge in [-0.1, -0.05) is 0 Å². The highest BCUT2D eigenvalue weighted by Gasteiger charge is 2.14. The zero-order valence-electron chi connectivity index (χ0n) is 12.9. The van der Waals surface area contributed by atoms with Gasteiger partial charge in [0.05, 0.1) is 6.26 Å². The summed E-state index contributed by atoms with van der Waals surface area (Å²) in [5.41, 5.74) is 4.77. The zero-order valence-corrected chi connectivity index (χ0v) is 12.9. The largest absolute Gasteiger partial charge is 0.469 e. The minimum atomic E-state index is 0.801. The standard InChI is InChI=1S/C16H23N3O/c1-11-8-12(2)18-16(15(11)9-17-4)19(5)10-14-6-7-20-13(14)3/h6-8,17H,9-10H2,1-5H3. The van der Waals surface area contributed by atoms with Crippen LogP contribution in [0.5, 0.6) is 0 Å². The second-order valence-corrected chi connectivity index (χ2v) is 5.27. The van der Waals surface area contributed by atoms with Crippen molar-refractivity contribution in [3.05, 3.63) is 46.5 Å². The van der Waals surface area contributed by atoms with Crippen LogP contribution in [-0.2, 0) is 13.1 Å². The molecule has 108 valence electrons. The maximum absolute atomic E-state index is 5.37. The Hall–Kier alpha value is -1.81. The van der Waals surface area contributed by atoms with Crippen molar-refractivity contribution in [3.8, 4) is 0 Å². The van der Waals surface area contributed by atoms with Crippen molar-refractivity contribution < 1.29 is 4.42 Å². The lowest BCUT2D eigenvalue weighted by molar-refractivity contribution is 0.529. The summed E-state index contributed by atoms with van der Waals surface area (Å²) in [6.45, 7) is 7.79. The van der Waals surface area contributed by atoms with Crippen molar-refractivity contribution in [1.82, 2.24) is 10.3 Å². The third-order valence-electron chi connectivity index (χ3n) is 3.54. The number of nitrogens with one attached hydrogen (secondary N) is 1. The fourth-order valence-corrected chi connectivity index (χ4v) is 2.46. The van der Waals surface area contributed by atoms with Gasteiger partial charge in [0.25, 0.3) is 0 Å². The number of hydrogen-bond donors (Lipinski definition) is 1. The molecule has 0 fully saturated rings. The first-order valence-electron chi connectivity index (χ1n) is 6.88. The zero-order chi connectivity index (χ0) is 14.7. The van der Waals surface area contributed by atoms with Crippen LogP contribution in [0.2, 0.25) is 0 Å². The van der Waals surface area contributed by atoms with Crippen LogP contribution in [0.1, 0.15) is 28.1 Å². The minimum absolute atomic E-state index is 0.801. The summed E-state index contributed by atoms with van der Waals surface area (Å²) in [7, 11) is 4.04. The molecule has 0 radical (unpaired) electrons. The molecule has 2 rings (SSSR count). The van der Waals surface area contributed by atoms with Gasteiger partial charge in [0.1, 0.15) is 11.6 Å². The average molecular weight is 273 g/mol. The van der Waals surface area contributed by atoms with Crippen LogP contribution >= 0.6 is 0 Å². The topological polar surface area (TPSA) is 41.3 Å². The maximum Gasteiger partial charge on any atom is 0.133 e. The molecule has 2 aromatic heterocycles. The van der Waals surface area contributed by atoms with E-state index in [-0.39, 0.29) is 0 Å². The summed E-state index contributed by atoms with van der Waals surface area (Å²) in [6.07, 6.45) is 1.74. The Morgan fingerprint density at radius 3 is 2.65 bits per heavy atom. The summed E-state index contributed by atoms with van der Waals surface area (Å²) < 4.78 is 5.37. The van der Waals surface area contributed by atoms with Gasteiger partial charge in [0.2, 0.25) is 0 Å². The first-order valence-corrected chi connectivity index (χ1v) is 6.88. The van der Waals surface area contributed by atoms with E-state index in [0.29, 0.717) is 0 Å². The Balaban J connectivity index is 2.33. The Morgan fingerprint density at radius 2 is 2.05 bits per heavy atom. The van der Waals surface area contributed by atoms with E-state index in [4.69, 9.17) is 9.40 Å². The second kappa shape index (κ2) is 6.09. The van der Waals surface area contributed by atoms with E-state index in [1.807, 2.05) is 27.0 Å². The van der Waals surface area contributed by atoms with Crippen molar-refractivity contribution in [1.29, 1.82) is 0 Å². The summed E-state index contributed by atoms with van der Waals surface area (Å²) in [5.74, 6) is 2.01. The number of rotatable bonds is 5. The third kappa shape index (κ3) is 3.02. The van der Waals surface area contributed by atoms with Crippen molar-refractivity contribution >= 4 is 5.82 Å². The van der Waals surface area contributed by atoms with Gasteiger partial charge in [-0.3, -0.25) is 0 Å². The summed E-state index contributed by atoms with van der Waals surface area (Å²) >= 11 is 0. The van der Waals surface area contributed by atoms with E-state index < -0.39 is 0 Å². The van der Waals surface area contributed by atoms with Gasteiger partial charge in [0.15, 0.2) is 0 Å². The summed E-state index contributed by atoms with van der Waals surface area (Å²) in [5, 5.41) is 3.22. The Bertz CT molecular complexity index is 589. The molecule has 2 aromatic rings. The van der Waals surface area contributed by atoms with E-state index in [9.17, 15) is 0 Å². The van der Waals surface area contributed by atoms with Crippen LogP contribution in [0.25, 0.3) is 0 Å². The Morgan fingerprint density at radius 1 is 1.30 bits per heavy atom. The molecule has 0 aromatic carbocycles. The molecule has 0 spiro atoms. The molecule has 0 aliphatic rings. The number of aryl methyl sites for hydroxylation is 3. The van der Waals surface area contributed by atoms with Gasteiger partial charge in [-0.05, 0) is 45.5 Å². The first-order chi connectivity index (χ1) is 9.52. The monoisotopic (exact) mass is 273 g/mol. The highest BCUT2D eigenvalue weighted by molar-refractivity contribution is 5.51. The lowest BCUT2D eigenvalue weighted by atomic mass is 10.1. The van der Waals surface area contributed by atoms with Crippen molar-refractivity contribution in [2.24, 2.45) is 0 Å². The fourth-order valence-electron chi connectivity index (χ4n) is 2.46. The molecule has 0 aliphatic heterocycles. The number of furan rings is 1. The molecule has 0 saturated carbocycles. The number of aromatic nitrogens is 1. The molecule has 0 bridgehead atoms. The molecule has 0 aliphatic carbocycles. The number of hydrogen-bond acceptors (Lipinski definition) is 4. The molecule has 4 nitrogen and oxygen atoms in total. The van der Waals surface area contributed by atoms with Crippen molar-refractivity contribution in [3.63, 3.8) is 0 Å². The van der Waals surface area contributed by atoms with E-state index in [1.165, 1.54) is 16.7 Å². The predicted molar refractivity (Wildman–Crippen MR) is 82.0 cm³/mol. The quantitative estimate of drug-likeness (QED) is 0.909. The number of anilines is 1. The predicted octanol–water partition coefficient (Wildman–Crippen LogP) is 2.96. The second-order valence-electron chi connectivity index (χ2n) is 5.27. The van der Waals surface area contributed by atoms with Gasteiger partial charge >= 0.3 is 0 Å². The lowest BCUT2D eigenvalue weighted by Gasteiger charge is -2.23. The molecular weight excluding hydrogens is 250 g/mol. The maximum atomic E-state index is 5.37. The molecule has 0 unspecified atom stereocenters. The molecule has 2 heterocycles. The Kier molecular flexibility index (Phi) is 4.45. The fraction of sp³-hybridized carbons (Fsp3) is 0.438. The van der Waals surface area contributed by atoms with E-state index in [2.05, 4.69) is 30.3 Å². The van der Waals surface area contributed by atoms with Crippen LogP contribution in [0.15, 0.2) is 22.8 Å². The Labute approximate surface area is 120 Å². The summed E-state index contributed by atoms with van der Waals surface area (Å²) in [4.78, 5) is 6.90. The van der Waals surface area contributed by atoms with Crippen molar-refractivity contribution in [2.45, 2.75) is 33.9 Å². The van der Waals surface area contributed by atoms with E-state index in [0.717, 1.165) is 30.4 Å². The highest BCUT2D eigenvalue weighted by Crippen LogP contribution is 2.24. The van der Waals surface area contributed by atoms with Crippen LogP contribution in [0.4, 0.5) is 5.82 Å². The van der Waals surface area contributed by atoms with Crippen LogP contribution in [0.3, 0.4) is 0 Å². The molecule has 0 saturated heterocycles. The van der Waals surface area contributed by atoms with Gasteiger partial charge in [-0.2, -0.15) is 0 Å². The molecule has 4 heteroatoms. The molecular formula is C16H23N3O. The van der Waals surface area contributed by atoms with Crippen LogP contribution in [-0.4, -0.2) is 19.1 Å². The van der Waals surface area contributed by atoms with Crippen LogP contribution in [0, 0.1) is 20.8 Å². The first kappa shape index (κ1) is 14.6. The molecule has 1 N–H and O–H groups in total. The van der Waals surface area contributed by atoms with Crippen LogP contribution < -0.4 is 10.2 Å². The SMILES string of the molecule is CNCc1c(C)cc(C)nc1N(C)Cc1ccoc1C. The van der Waals surface area contributed by atoms with E-state index in [1.54, 1.807) is 6.26 Å². The average Bonchev–Trinajstić information content (AvgIpc) is 2.78. The van der Waals surface area contributed by atoms with Gasteiger partial charge < -0.3 is 14.6 Å². The van der Waals surface area contributed by atoms with Crippen molar-refractivity contribution in [2.75, 3.05) is 19.0 Å². The van der Waals surface area contributed by atoms with Gasteiger partial charge in [-0.15, -0.1) is 0 Å². The minimum Gasteiger partial charge on any atom is -0.469 e. The van der Waals surface area contributed by atoms with Gasteiger partial charge in [0, 0.05) is 37.0 Å².